The van der Waals surface area contributed by atoms with Gasteiger partial charge in [-0.25, -0.2) is 0 Å². The number of benzene rings is 1. The molecule has 1 fully saturated rings. The fourth-order valence-corrected chi connectivity index (χ4v) is 2.13. The summed E-state index contributed by atoms with van der Waals surface area (Å²) in [5, 5.41) is 12.2. The Hall–Kier alpha value is -1.73. The van der Waals surface area contributed by atoms with Gasteiger partial charge in [0.25, 0.3) is 0 Å². The van der Waals surface area contributed by atoms with E-state index in [-0.39, 0.29) is 0 Å². The van der Waals surface area contributed by atoms with Crippen molar-refractivity contribution >= 4 is 0 Å². The Bertz CT molecular complexity index is 434. The van der Waals surface area contributed by atoms with Gasteiger partial charge in [0.2, 0.25) is 0 Å². The Morgan fingerprint density at radius 2 is 2.33 bits per heavy atom. The number of rotatable bonds is 4. The first-order valence-electron chi connectivity index (χ1n) is 6.25. The average Bonchev–Trinajstić information content (AvgIpc) is 2.45. The van der Waals surface area contributed by atoms with Gasteiger partial charge in [0.15, 0.2) is 11.5 Å². The Morgan fingerprint density at radius 1 is 1.44 bits per heavy atom. The van der Waals surface area contributed by atoms with Crippen molar-refractivity contribution in [1.29, 1.82) is 5.26 Å². The van der Waals surface area contributed by atoms with Gasteiger partial charge < -0.3 is 14.8 Å². The van der Waals surface area contributed by atoms with E-state index in [4.69, 9.17) is 14.7 Å². The van der Waals surface area contributed by atoms with Crippen molar-refractivity contribution < 1.29 is 9.47 Å². The van der Waals surface area contributed by atoms with Gasteiger partial charge in [-0.05, 0) is 31.5 Å². The van der Waals surface area contributed by atoms with Crippen LogP contribution in [0.3, 0.4) is 0 Å². The molecule has 0 bridgehead atoms. The first kappa shape index (κ1) is 12.7. The van der Waals surface area contributed by atoms with Crippen LogP contribution in [-0.4, -0.2) is 26.8 Å². The number of hydrogen-bond acceptors (Lipinski definition) is 4. The number of nitriles is 1. The minimum Gasteiger partial charge on any atom is -0.493 e. The molecule has 4 nitrogen and oxygen atoms in total. The van der Waals surface area contributed by atoms with Crippen LogP contribution in [0, 0.1) is 17.2 Å². The molecule has 96 valence electrons. The second kappa shape index (κ2) is 6.27. The molecule has 1 saturated heterocycles. The van der Waals surface area contributed by atoms with Crippen molar-refractivity contribution in [3.63, 3.8) is 0 Å². The van der Waals surface area contributed by atoms with Gasteiger partial charge in [-0.15, -0.1) is 0 Å². The van der Waals surface area contributed by atoms with Crippen LogP contribution in [0.2, 0.25) is 0 Å². The van der Waals surface area contributed by atoms with E-state index in [1.807, 2.05) is 0 Å². The Balaban J connectivity index is 2.00. The Kier molecular flexibility index (Phi) is 4.43. The van der Waals surface area contributed by atoms with Gasteiger partial charge >= 0.3 is 0 Å². The Labute approximate surface area is 108 Å². The molecule has 1 atom stereocenters. The van der Waals surface area contributed by atoms with E-state index in [2.05, 4.69) is 11.4 Å². The van der Waals surface area contributed by atoms with E-state index in [1.54, 1.807) is 25.3 Å². The summed E-state index contributed by atoms with van der Waals surface area (Å²) in [7, 11) is 1.61. The van der Waals surface area contributed by atoms with Crippen LogP contribution in [0.5, 0.6) is 11.5 Å². The third kappa shape index (κ3) is 3.14. The molecule has 1 aliphatic rings. The normalized spacial score (nSPS) is 19.0. The standard InChI is InChI=1S/C14H18N2O2/c1-17-13-5-4-11(8-15)7-14(13)18-10-12-3-2-6-16-9-12/h4-5,7,12,16H,2-3,6,9-10H2,1H3. The fraction of sp³-hybridized carbons (Fsp3) is 0.500. The molecule has 0 radical (unpaired) electrons. The fourth-order valence-electron chi connectivity index (χ4n) is 2.13. The highest BCUT2D eigenvalue weighted by Crippen LogP contribution is 2.28. The summed E-state index contributed by atoms with van der Waals surface area (Å²) in [5.41, 5.74) is 0.590. The summed E-state index contributed by atoms with van der Waals surface area (Å²) in [5.74, 6) is 1.87. The molecule has 2 rings (SSSR count). The summed E-state index contributed by atoms with van der Waals surface area (Å²) in [6.45, 7) is 2.77. The Morgan fingerprint density at radius 3 is 3.00 bits per heavy atom. The third-order valence-corrected chi connectivity index (χ3v) is 3.17. The van der Waals surface area contributed by atoms with Gasteiger partial charge in [0, 0.05) is 18.5 Å². The van der Waals surface area contributed by atoms with E-state index in [0.717, 1.165) is 13.1 Å². The molecule has 1 aromatic carbocycles. The predicted molar refractivity (Wildman–Crippen MR) is 68.8 cm³/mol. The molecule has 0 spiro atoms. The van der Waals surface area contributed by atoms with E-state index in [9.17, 15) is 0 Å². The van der Waals surface area contributed by atoms with Crippen LogP contribution >= 0.6 is 0 Å². The number of nitrogens with zero attached hydrogens (tertiary/aromatic N) is 1. The van der Waals surface area contributed by atoms with Crippen molar-refractivity contribution in [2.45, 2.75) is 12.8 Å². The van der Waals surface area contributed by atoms with Crippen molar-refractivity contribution in [1.82, 2.24) is 5.32 Å². The number of nitrogens with one attached hydrogen (secondary N) is 1. The largest absolute Gasteiger partial charge is 0.493 e. The van der Waals surface area contributed by atoms with Gasteiger partial charge in [-0.2, -0.15) is 5.26 Å². The molecule has 0 saturated carbocycles. The summed E-state index contributed by atoms with van der Waals surface area (Å²) in [4.78, 5) is 0. The van der Waals surface area contributed by atoms with Crippen molar-refractivity contribution in [2.75, 3.05) is 26.8 Å². The van der Waals surface area contributed by atoms with Crippen LogP contribution in [0.1, 0.15) is 18.4 Å². The minimum absolute atomic E-state index is 0.536. The zero-order chi connectivity index (χ0) is 12.8. The molecular weight excluding hydrogens is 228 g/mol. The van der Waals surface area contributed by atoms with Gasteiger partial charge in [-0.1, -0.05) is 0 Å². The predicted octanol–water partition coefficient (Wildman–Crippen LogP) is 1.95. The summed E-state index contributed by atoms with van der Waals surface area (Å²) >= 11 is 0. The SMILES string of the molecule is COc1ccc(C#N)cc1OCC1CCCNC1. The smallest absolute Gasteiger partial charge is 0.162 e. The number of ether oxygens (including phenoxy) is 2. The van der Waals surface area contributed by atoms with Gasteiger partial charge in [-0.3, -0.25) is 0 Å². The van der Waals surface area contributed by atoms with Gasteiger partial charge in [0.05, 0.1) is 25.3 Å². The maximum atomic E-state index is 8.89. The molecule has 1 heterocycles. The highest BCUT2D eigenvalue weighted by Gasteiger charge is 2.15. The number of piperidine rings is 1. The van der Waals surface area contributed by atoms with E-state index in [1.165, 1.54) is 12.8 Å². The van der Waals surface area contributed by atoms with Gasteiger partial charge in [0.1, 0.15) is 0 Å². The molecule has 1 unspecified atom stereocenters. The van der Waals surface area contributed by atoms with Crippen LogP contribution < -0.4 is 14.8 Å². The minimum atomic E-state index is 0.536. The average molecular weight is 246 g/mol. The van der Waals surface area contributed by atoms with Crippen LogP contribution in [0.25, 0.3) is 0 Å². The first-order chi connectivity index (χ1) is 8.83. The lowest BCUT2D eigenvalue weighted by Gasteiger charge is -2.23. The first-order valence-corrected chi connectivity index (χ1v) is 6.25. The highest BCUT2D eigenvalue weighted by molar-refractivity contribution is 5.46. The van der Waals surface area contributed by atoms with Crippen LogP contribution in [0.4, 0.5) is 0 Å². The quantitative estimate of drug-likeness (QED) is 0.882. The highest BCUT2D eigenvalue weighted by atomic mass is 16.5. The molecule has 1 aromatic rings. The second-order valence-corrected chi connectivity index (χ2v) is 4.50. The maximum Gasteiger partial charge on any atom is 0.162 e. The zero-order valence-electron chi connectivity index (χ0n) is 10.6. The number of methoxy groups -OCH3 is 1. The lowest BCUT2D eigenvalue weighted by Crippen LogP contribution is -2.33. The summed E-state index contributed by atoms with van der Waals surface area (Å²) in [6, 6.07) is 7.34. The molecule has 1 N–H and O–H groups in total. The van der Waals surface area contributed by atoms with E-state index < -0.39 is 0 Å². The summed E-state index contributed by atoms with van der Waals surface area (Å²) in [6.07, 6.45) is 2.39. The van der Waals surface area contributed by atoms with E-state index in [0.29, 0.717) is 29.6 Å². The molecule has 1 aliphatic heterocycles. The molecule has 4 heteroatoms. The number of hydrogen-bond donors (Lipinski definition) is 1. The maximum absolute atomic E-state index is 8.89. The topological polar surface area (TPSA) is 54.3 Å². The van der Waals surface area contributed by atoms with E-state index >= 15 is 0 Å². The molecular formula is C14H18N2O2. The van der Waals surface area contributed by atoms with Crippen LogP contribution in [0.15, 0.2) is 18.2 Å². The zero-order valence-corrected chi connectivity index (χ0v) is 10.6. The van der Waals surface area contributed by atoms with Crippen molar-refractivity contribution in [3.8, 4) is 17.6 Å². The third-order valence-electron chi connectivity index (χ3n) is 3.17. The van der Waals surface area contributed by atoms with Crippen molar-refractivity contribution in [3.05, 3.63) is 23.8 Å². The lowest BCUT2D eigenvalue weighted by atomic mass is 10.0. The molecule has 0 aromatic heterocycles. The molecule has 0 amide bonds. The van der Waals surface area contributed by atoms with Crippen molar-refractivity contribution in [2.24, 2.45) is 5.92 Å². The lowest BCUT2D eigenvalue weighted by molar-refractivity contribution is 0.211. The molecule has 18 heavy (non-hydrogen) atoms. The van der Waals surface area contributed by atoms with Crippen LogP contribution in [-0.2, 0) is 0 Å². The monoisotopic (exact) mass is 246 g/mol. The molecule has 0 aliphatic carbocycles. The summed E-state index contributed by atoms with van der Waals surface area (Å²) < 4.78 is 11.0. The second-order valence-electron chi connectivity index (χ2n) is 4.50.